The maximum absolute atomic E-state index is 9.33. The molecule has 2 aromatic rings. The van der Waals surface area contributed by atoms with Gasteiger partial charge in [-0.2, -0.15) is 5.26 Å². The number of hydrogen-bond donors (Lipinski definition) is 1. The summed E-state index contributed by atoms with van der Waals surface area (Å²) in [6.45, 7) is 3.34. The monoisotopic (exact) mass is 297 g/mol. The van der Waals surface area contributed by atoms with Gasteiger partial charge < -0.3 is 15.2 Å². The molecule has 22 heavy (non-hydrogen) atoms. The van der Waals surface area contributed by atoms with Crippen molar-refractivity contribution in [3.63, 3.8) is 0 Å². The second-order valence-corrected chi connectivity index (χ2v) is 5.52. The minimum atomic E-state index is 0.109. The van der Waals surface area contributed by atoms with E-state index in [0.29, 0.717) is 23.8 Å². The van der Waals surface area contributed by atoms with Crippen molar-refractivity contribution in [2.45, 2.75) is 32.4 Å². The molecule has 3 rings (SSSR count). The molecule has 0 amide bonds. The second kappa shape index (κ2) is 6.12. The molecule has 0 spiro atoms. The summed E-state index contributed by atoms with van der Waals surface area (Å²) >= 11 is 0. The van der Waals surface area contributed by atoms with Crippen LogP contribution in [-0.4, -0.2) is 17.3 Å². The van der Waals surface area contributed by atoms with Crippen molar-refractivity contribution in [3.8, 4) is 17.7 Å². The van der Waals surface area contributed by atoms with Gasteiger partial charge in [-0.1, -0.05) is 18.2 Å². The molecular weight excluding hydrogens is 278 g/mol. The maximum atomic E-state index is 9.33. The van der Waals surface area contributed by atoms with E-state index in [0.717, 1.165) is 30.8 Å². The number of aromatic nitrogens is 1. The van der Waals surface area contributed by atoms with E-state index in [-0.39, 0.29) is 6.10 Å². The standard InChI is InChI=1S/C17H19N3O2/c1-12-5-2-3-7-16(12)22-17-15(19)9-13(10-18)20(17)11-14-6-4-8-21-14/h2-3,5,7,9,14H,4,6,8,11,19H2,1H3/t14-/m1/s1. The molecule has 1 aliphatic heterocycles. The number of para-hydroxylation sites is 1. The normalized spacial score (nSPS) is 17.4. The third kappa shape index (κ3) is 2.78. The molecule has 1 saturated heterocycles. The highest BCUT2D eigenvalue weighted by molar-refractivity contribution is 5.56. The number of benzene rings is 1. The van der Waals surface area contributed by atoms with Crippen LogP contribution < -0.4 is 10.5 Å². The molecule has 5 heteroatoms. The van der Waals surface area contributed by atoms with Gasteiger partial charge in [0.2, 0.25) is 5.88 Å². The first-order chi connectivity index (χ1) is 10.7. The molecule has 2 N–H and O–H groups in total. The molecule has 5 nitrogen and oxygen atoms in total. The summed E-state index contributed by atoms with van der Waals surface area (Å²) in [5, 5.41) is 9.33. The first-order valence-electron chi connectivity index (χ1n) is 7.43. The molecule has 1 fully saturated rings. The van der Waals surface area contributed by atoms with Crippen molar-refractivity contribution in [1.29, 1.82) is 5.26 Å². The zero-order valence-corrected chi connectivity index (χ0v) is 12.6. The summed E-state index contributed by atoms with van der Waals surface area (Å²) in [7, 11) is 0. The molecule has 1 aromatic carbocycles. The van der Waals surface area contributed by atoms with Crippen LogP contribution in [0.15, 0.2) is 30.3 Å². The lowest BCUT2D eigenvalue weighted by molar-refractivity contribution is 0.0952. The molecule has 0 aliphatic carbocycles. The quantitative estimate of drug-likeness (QED) is 0.940. The highest BCUT2D eigenvalue weighted by atomic mass is 16.5. The third-order valence-electron chi connectivity index (χ3n) is 3.90. The smallest absolute Gasteiger partial charge is 0.224 e. The summed E-state index contributed by atoms with van der Waals surface area (Å²) in [5.74, 6) is 1.26. The third-order valence-corrected chi connectivity index (χ3v) is 3.90. The van der Waals surface area contributed by atoms with Gasteiger partial charge in [-0.05, 0) is 31.4 Å². The summed E-state index contributed by atoms with van der Waals surface area (Å²) in [6, 6.07) is 11.6. The predicted octanol–water partition coefficient (Wildman–Crippen LogP) is 3.22. The summed E-state index contributed by atoms with van der Waals surface area (Å²) in [6.07, 6.45) is 2.16. The molecule has 0 bridgehead atoms. The molecule has 0 radical (unpaired) electrons. The number of nitrogens with two attached hydrogens (primary N) is 1. The van der Waals surface area contributed by atoms with Gasteiger partial charge in [0.05, 0.1) is 18.3 Å². The number of hydrogen-bond acceptors (Lipinski definition) is 4. The highest BCUT2D eigenvalue weighted by Crippen LogP contribution is 2.33. The maximum Gasteiger partial charge on any atom is 0.224 e. The van der Waals surface area contributed by atoms with Crippen molar-refractivity contribution >= 4 is 5.69 Å². The Morgan fingerprint density at radius 3 is 2.95 bits per heavy atom. The molecule has 0 saturated carbocycles. The van der Waals surface area contributed by atoms with E-state index in [9.17, 15) is 5.26 Å². The van der Waals surface area contributed by atoms with Crippen molar-refractivity contribution in [2.75, 3.05) is 12.3 Å². The fourth-order valence-corrected chi connectivity index (χ4v) is 2.71. The summed E-state index contributed by atoms with van der Waals surface area (Å²) < 4.78 is 13.5. The average molecular weight is 297 g/mol. The van der Waals surface area contributed by atoms with E-state index >= 15 is 0 Å². The number of ether oxygens (including phenoxy) is 2. The van der Waals surface area contributed by atoms with Gasteiger partial charge in [0.25, 0.3) is 0 Å². The lowest BCUT2D eigenvalue weighted by atomic mass is 10.2. The Morgan fingerprint density at radius 1 is 1.45 bits per heavy atom. The number of nitriles is 1. The van der Waals surface area contributed by atoms with Crippen molar-refractivity contribution in [1.82, 2.24) is 4.57 Å². The van der Waals surface area contributed by atoms with Gasteiger partial charge in [0.1, 0.15) is 17.5 Å². The van der Waals surface area contributed by atoms with Gasteiger partial charge in [-0.25, -0.2) is 0 Å². The van der Waals surface area contributed by atoms with E-state index in [2.05, 4.69) is 6.07 Å². The van der Waals surface area contributed by atoms with Crippen LogP contribution in [-0.2, 0) is 11.3 Å². The van der Waals surface area contributed by atoms with Gasteiger partial charge in [-0.3, -0.25) is 4.57 Å². The Bertz CT molecular complexity index is 709. The Balaban J connectivity index is 1.94. The van der Waals surface area contributed by atoms with Crippen LogP contribution in [0.1, 0.15) is 24.1 Å². The number of rotatable bonds is 4. The first kappa shape index (κ1) is 14.5. The largest absolute Gasteiger partial charge is 0.438 e. The highest BCUT2D eigenvalue weighted by Gasteiger charge is 2.22. The zero-order chi connectivity index (χ0) is 15.5. The van der Waals surface area contributed by atoms with Gasteiger partial charge in [0, 0.05) is 12.7 Å². The minimum absolute atomic E-state index is 0.109. The molecule has 0 unspecified atom stereocenters. The van der Waals surface area contributed by atoms with Crippen LogP contribution in [0.2, 0.25) is 0 Å². The Morgan fingerprint density at radius 2 is 2.27 bits per heavy atom. The molecule has 1 atom stereocenters. The number of anilines is 1. The fraction of sp³-hybridized carbons (Fsp3) is 0.353. The van der Waals surface area contributed by atoms with Crippen LogP contribution in [0.25, 0.3) is 0 Å². The fourth-order valence-electron chi connectivity index (χ4n) is 2.71. The zero-order valence-electron chi connectivity index (χ0n) is 12.6. The van der Waals surface area contributed by atoms with Crippen LogP contribution in [0.5, 0.6) is 11.6 Å². The van der Waals surface area contributed by atoms with Crippen molar-refractivity contribution < 1.29 is 9.47 Å². The van der Waals surface area contributed by atoms with Crippen LogP contribution in [0.3, 0.4) is 0 Å². The summed E-state index contributed by atoms with van der Waals surface area (Å²) in [4.78, 5) is 0. The lowest BCUT2D eigenvalue weighted by Gasteiger charge is -2.16. The van der Waals surface area contributed by atoms with Gasteiger partial charge in [0.15, 0.2) is 0 Å². The average Bonchev–Trinajstić information content (AvgIpc) is 3.12. The van der Waals surface area contributed by atoms with Crippen LogP contribution in [0, 0.1) is 18.3 Å². The SMILES string of the molecule is Cc1ccccc1Oc1c(N)cc(C#N)n1C[C@H]1CCCO1. The molecule has 1 aliphatic rings. The number of nitrogen functional groups attached to an aromatic ring is 1. The van der Waals surface area contributed by atoms with E-state index < -0.39 is 0 Å². The number of nitrogens with zero attached hydrogens (tertiary/aromatic N) is 2. The molecule has 2 heterocycles. The molecular formula is C17H19N3O2. The summed E-state index contributed by atoms with van der Waals surface area (Å²) in [5.41, 5.74) is 8.04. The predicted molar refractivity (Wildman–Crippen MR) is 83.8 cm³/mol. The first-order valence-corrected chi connectivity index (χ1v) is 7.43. The van der Waals surface area contributed by atoms with Crippen molar-refractivity contribution in [2.24, 2.45) is 0 Å². The Kier molecular flexibility index (Phi) is 4.03. The second-order valence-electron chi connectivity index (χ2n) is 5.52. The minimum Gasteiger partial charge on any atom is -0.438 e. The lowest BCUT2D eigenvalue weighted by Crippen LogP contribution is -2.16. The van der Waals surface area contributed by atoms with E-state index in [4.69, 9.17) is 15.2 Å². The topological polar surface area (TPSA) is 73.2 Å². The molecule has 1 aromatic heterocycles. The van der Waals surface area contributed by atoms with Crippen LogP contribution in [0.4, 0.5) is 5.69 Å². The molecule has 114 valence electrons. The number of aryl methyl sites for hydroxylation is 1. The van der Waals surface area contributed by atoms with E-state index in [1.54, 1.807) is 6.07 Å². The van der Waals surface area contributed by atoms with Gasteiger partial charge in [-0.15, -0.1) is 0 Å². The Labute approximate surface area is 129 Å². The van der Waals surface area contributed by atoms with Gasteiger partial charge >= 0.3 is 0 Å². The Hall–Kier alpha value is -2.45. The van der Waals surface area contributed by atoms with Crippen LogP contribution >= 0.6 is 0 Å². The van der Waals surface area contributed by atoms with Crippen molar-refractivity contribution in [3.05, 3.63) is 41.6 Å². The van der Waals surface area contributed by atoms with E-state index in [1.807, 2.05) is 35.8 Å². The van der Waals surface area contributed by atoms with E-state index in [1.165, 1.54) is 0 Å².